The van der Waals surface area contributed by atoms with Gasteiger partial charge < -0.3 is 15.0 Å². The molecule has 1 aromatic heterocycles. The van der Waals surface area contributed by atoms with Crippen LogP contribution in [0.25, 0.3) is 11.0 Å². The minimum absolute atomic E-state index is 0.276. The molecule has 0 atom stereocenters. The van der Waals surface area contributed by atoms with Crippen LogP contribution in [0.5, 0.6) is 0 Å². The van der Waals surface area contributed by atoms with Crippen LogP contribution < -0.4 is 5.73 Å². The van der Waals surface area contributed by atoms with E-state index in [1.807, 2.05) is 11.6 Å². The molecule has 1 aromatic carbocycles. The number of fused-ring (bicyclic) bond motifs is 1. The van der Waals surface area contributed by atoms with E-state index in [-0.39, 0.29) is 4.90 Å². The highest BCUT2D eigenvalue weighted by Crippen LogP contribution is 2.31. The lowest BCUT2D eigenvalue weighted by atomic mass is 9.90. The van der Waals surface area contributed by atoms with Gasteiger partial charge in [0.1, 0.15) is 5.82 Å². The third-order valence-electron chi connectivity index (χ3n) is 4.11. The zero-order chi connectivity index (χ0) is 15.3. The van der Waals surface area contributed by atoms with Crippen molar-refractivity contribution in [2.24, 2.45) is 12.8 Å². The van der Waals surface area contributed by atoms with Crippen LogP contribution in [0, 0.1) is 0 Å². The second-order valence-corrected chi connectivity index (χ2v) is 7.70. The van der Waals surface area contributed by atoms with Crippen LogP contribution in [-0.4, -0.2) is 37.4 Å². The number of rotatable bonds is 2. The standard InChI is InChI=1S/C14H19N3O3S/c1-17-12-4-3-10(21(2,18)19)9-11(12)16-13(17)14(15)5-7-20-8-6-14/h3-4,9H,5-8,15H2,1-2H3. The van der Waals surface area contributed by atoms with Crippen molar-refractivity contribution in [1.29, 1.82) is 0 Å². The number of hydrogen-bond acceptors (Lipinski definition) is 5. The summed E-state index contributed by atoms with van der Waals surface area (Å²) in [6.07, 6.45) is 2.62. The number of nitrogens with zero attached hydrogens (tertiary/aromatic N) is 2. The molecule has 1 saturated heterocycles. The first-order chi connectivity index (χ1) is 9.81. The summed E-state index contributed by atoms with van der Waals surface area (Å²) in [5, 5.41) is 0. The first-order valence-electron chi connectivity index (χ1n) is 6.85. The van der Waals surface area contributed by atoms with Crippen LogP contribution in [0.1, 0.15) is 18.7 Å². The Morgan fingerprint density at radius 2 is 2.00 bits per heavy atom. The summed E-state index contributed by atoms with van der Waals surface area (Å²) in [5.74, 6) is 0.784. The number of imidazole rings is 1. The van der Waals surface area contributed by atoms with Crippen molar-refractivity contribution >= 4 is 20.9 Å². The van der Waals surface area contributed by atoms with Gasteiger partial charge in [-0.2, -0.15) is 0 Å². The van der Waals surface area contributed by atoms with Gasteiger partial charge in [0, 0.05) is 26.5 Å². The molecule has 0 radical (unpaired) electrons. The van der Waals surface area contributed by atoms with Gasteiger partial charge in [-0.05, 0) is 31.0 Å². The number of aromatic nitrogens is 2. The summed E-state index contributed by atoms with van der Waals surface area (Å²) in [6, 6.07) is 5.00. The van der Waals surface area contributed by atoms with Crippen LogP contribution in [-0.2, 0) is 27.2 Å². The number of sulfone groups is 1. The maximum atomic E-state index is 11.7. The Bertz CT molecular complexity index is 789. The summed E-state index contributed by atoms with van der Waals surface area (Å²) in [4.78, 5) is 4.88. The third-order valence-corrected chi connectivity index (χ3v) is 5.22. The van der Waals surface area contributed by atoms with E-state index in [4.69, 9.17) is 10.5 Å². The number of hydrogen-bond donors (Lipinski definition) is 1. The molecule has 0 unspecified atom stereocenters. The fourth-order valence-corrected chi connectivity index (χ4v) is 3.46. The van der Waals surface area contributed by atoms with Crippen molar-refractivity contribution in [3.63, 3.8) is 0 Å². The van der Waals surface area contributed by atoms with Crippen molar-refractivity contribution < 1.29 is 13.2 Å². The normalized spacial score (nSPS) is 19.0. The van der Waals surface area contributed by atoms with E-state index in [2.05, 4.69) is 4.98 Å². The van der Waals surface area contributed by atoms with Gasteiger partial charge in [-0.3, -0.25) is 0 Å². The Kier molecular flexibility index (Phi) is 3.31. The van der Waals surface area contributed by atoms with E-state index in [9.17, 15) is 8.42 Å². The summed E-state index contributed by atoms with van der Waals surface area (Å²) in [6.45, 7) is 1.24. The van der Waals surface area contributed by atoms with Gasteiger partial charge in [-0.1, -0.05) is 0 Å². The molecule has 7 heteroatoms. The molecular weight excluding hydrogens is 290 g/mol. The van der Waals surface area contributed by atoms with E-state index >= 15 is 0 Å². The lowest BCUT2D eigenvalue weighted by Gasteiger charge is -2.32. The molecule has 1 fully saturated rings. The highest BCUT2D eigenvalue weighted by molar-refractivity contribution is 7.90. The second kappa shape index (κ2) is 4.79. The molecule has 21 heavy (non-hydrogen) atoms. The molecule has 0 bridgehead atoms. The predicted molar refractivity (Wildman–Crippen MR) is 79.7 cm³/mol. The predicted octanol–water partition coefficient (Wildman–Crippen LogP) is 0.941. The minimum Gasteiger partial charge on any atom is -0.381 e. The molecule has 2 N–H and O–H groups in total. The first kappa shape index (κ1) is 14.5. The van der Waals surface area contributed by atoms with Gasteiger partial charge in [-0.25, -0.2) is 13.4 Å². The van der Waals surface area contributed by atoms with Gasteiger partial charge in [0.2, 0.25) is 0 Å². The molecule has 1 aliphatic rings. The SMILES string of the molecule is Cn1c(C2(N)CCOCC2)nc2cc(S(C)(=O)=O)ccc21. The number of benzene rings is 1. The van der Waals surface area contributed by atoms with Crippen molar-refractivity contribution in [2.75, 3.05) is 19.5 Å². The lowest BCUT2D eigenvalue weighted by Crippen LogP contribution is -2.44. The van der Waals surface area contributed by atoms with Crippen LogP contribution in [0.4, 0.5) is 0 Å². The average Bonchev–Trinajstić information content (AvgIpc) is 2.76. The number of ether oxygens (including phenoxy) is 1. The zero-order valence-corrected chi connectivity index (χ0v) is 13.0. The quantitative estimate of drug-likeness (QED) is 0.892. The highest BCUT2D eigenvalue weighted by Gasteiger charge is 2.34. The fraction of sp³-hybridized carbons (Fsp3) is 0.500. The number of aryl methyl sites for hydroxylation is 1. The van der Waals surface area contributed by atoms with Gasteiger partial charge in [0.25, 0.3) is 0 Å². The van der Waals surface area contributed by atoms with Crippen LogP contribution in [0.15, 0.2) is 23.1 Å². The maximum absolute atomic E-state index is 11.7. The van der Waals surface area contributed by atoms with Crippen LogP contribution in [0.2, 0.25) is 0 Å². The molecule has 0 saturated carbocycles. The van der Waals surface area contributed by atoms with Crippen molar-refractivity contribution in [2.45, 2.75) is 23.3 Å². The molecule has 114 valence electrons. The summed E-state index contributed by atoms with van der Waals surface area (Å²) < 4.78 is 30.6. The van der Waals surface area contributed by atoms with Gasteiger partial charge in [0.05, 0.1) is 21.5 Å². The molecule has 6 nitrogen and oxygen atoms in total. The zero-order valence-electron chi connectivity index (χ0n) is 12.2. The molecular formula is C14H19N3O3S. The Balaban J connectivity index is 2.15. The van der Waals surface area contributed by atoms with Gasteiger partial charge >= 0.3 is 0 Å². The summed E-state index contributed by atoms with van der Waals surface area (Å²) in [7, 11) is -1.33. The average molecular weight is 309 g/mol. The van der Waals surface area contributed by atoms with Crippen molar-refractivity contribution in [3.8, 4) is 0 Å². The molecule has 3 rings (SSSR count). The van der Waals surface area contributed by atoms with Crippen molar-refractivity contribution in [1.82, 2.24) is 9.55 Å². The third kappa shape index (κ3) is 2.45. The smallest absolute Gasteiger partial charge is 0.175 e. The second-order valence-electron chi connectivity index (χ2n) is 5.69. The highest BCUT2D eigenvalue weighted by atomic mass is 32.2. The molecule has 1 aliphatic heterocycles. The Morgan fingerprint density at radius 3 is 2.62 bits per heavy atom. The maximum Gasteiger partial charge on any atom is 0.175 e. The van der Waals surface area contributed by atoms with E-state index in [1.165, 1.54) is 6.26 Å². The van der Waals surface area contributed by atoms with Crippen molar-refractivity contribution in [3.05, 3.63) is 24.0 Å². The lowest BCUT2D eigenvalue weighted by molar-refractivity contribution is 0.0484. The van der Waals surface area contributed by atoms with Crippen LogP contribution in [0.3, 0.4) is 0 Å². The topological polar surface area (TPSA) is 87.2 Å². The fourth-order valence-electron chi connectivity index (χ4n) is 2.81. The molecule has 0 spiro atoms. The van der Waals surface area contributed by atoms with Gasteiger partial charge in [0.15, 0.2) is 9.84 Å². The van der Waals surface area contributed by atoms with E-state index in [1.54, 1.807) is 18.2 Å². The molecule has 2 aromatic rings. The molecule has 0 aliphatic carbocycles. The van der Waals surface area contributed by atoms with E-state index < -0.39 is 15.4 Å². The monoisotopic (exact) mass is 309 g/mol. The summed E-state index contributed by atoms with van der Waals surface area (Å²) in [5.41, 5.74) is 7.51. The molecule has 0 amide bonds. The Hall–Kier alpha value is -1.44. The largest absolute Gasteiger partial charge is 0.381 e. The number of nitrogens with two attached hydrogens (primary N) is 1. The molecule has 2 heterocycles. The minimum atomic E-state index is -3.24. The Labute approximate surface area is 123 Å². The van der Waals surface area contributed by atoms with E-state index in [0.29, 0.717) is 31.6 Å². The van der Waals surface area contributed by atoms with Gasteiger partial charge in [-0.15, -0.1) is 0 Å². The first-order valence-corrected chi connectivity index (χ1v) is 8.74. The van der Waals surface area contributed by atoms with Crippen LogP contribution >= 0.6 is 0 Å². The summed E-state index contributed by atoms with van der Waals surface area (Å²) >= 11 is 0. The van der Waals surface area contributed by atoms with E-state index in [0.717, 1.165) is 11.3 Å². The Morgan fingerprint density at radius 1 is 1.33 bits per heavy atom.